The molecular formula is C23H25FN8O. The van der Waals surface area contributed by atoms with Crippen molar-refractivity contribution in [3.05, 3.63) is 52.8 Å². The van der Waals surface area contributed by atoms with Gasteiger partial charge in [-0.05, 0) is 50.7 Å². The molecule has 0 amide bonds. The normalized spacial score (nSPS) is 18.2. The van der Waals surface area contributed by atoms with E-state index in [0.717, 1.165) is 38.6 Å². The summed E-state index contributed by atoms with van der Waals surface area (Å²) in [6, 6.07) is 4.28. The summed E-state index contributed by atoms with van der Waals surface area (Å²) in [6.45, 7) is 2.78. The SMILES string of the molecule is CCC(Nc1ncnc2nc[nH]c12)c1nc2cccc(F)c2c(=O)n1N1CCCCC12CC2. The third-order valence-electron chi connectivity index (χ3n) is 6.98. The summed E-state index contributed by atoms with van der Waals surface area (Å²) in [5, 5.41) is 5.64. The van der Waals surface area contributed by atoms with Crippen LogP contribution in [0.1, 0.15) is 57.3 Å². The first kappa shape index (κ1) is 20.1. The molecule has 33 heavy (non-hydrogen) atoms. The summed E-state index contributed by atoms with van der Waals surface area (Å²) in [7, 11) is 0. The van der Waals surface area contributed by atoms with Gasteiger partial charge in [-0.2, -0.15) is 0 Å². The zero-order valence-corrected chi connectivity index (χ0v) is 18.4. The fourth-order valence-electron chi connectivity index (χ4n) is 5.09. The van der Waals surface area contributed by atoms with Crippen molar-refractivity contribution in [2.45, 2.75) is 57.0 Å². The fourth-order valence-corrected chi connectivity index (χ4v) is 5.09. The maximum absolute atomic E-state index is 14.8. The second-order valence-electron chi connectivity index (χ2n) is 8.95. The molecule has 2 aliphatic rings. The molecule has 2 fully saturated rings. The highest BCUT2D eigenvalue weighted by Gasteiger charge is 2.50. The number of piperidine rings is 1. The van der Waals surface area contributed by atoms with E-state index in [1.165, 1.54) is 12.4 Å². The summed E-state index contributed by atoms with van der Waals surface area (Å²) in [4.78, 5) is 34.5. The third kappa shape index (κ3) is 3.15. The van der Waals surface area contributed by atoms with Crippen LogP contribution in [-0.2, 0) is 0 Å². The highest BCUT2D eigenvalue weighted by molar-refractivity contribution is 5.82. The molecule has 9 nitrogen and oxygen atoms in total. The molecule has 0 radical (unpaired) electrons. The number of hydrogen-bond donors (Lipinski definition) is 2. The Bertz CT molecular complexity index is 1410. The van der Waals surface area contributed by atoms with E-state index >= 15 is 0 Å². The first-order chi connectivity index (χ1) is 16.1. The van der Waals surface area contributed by atoms with Crippen molar-refractivity contribution >= 4 is 27.9 Å². The Morgan fingerprint density at radius 2 is 2.09 bits per heavy atom. The molecule has 1 unspecified atom stereocenters. The maximum atomic E-state index is 14.8. The van der Waals surface area contributed by atoms with Gasteiger partial charge in [0, 0.05) is 6.54 Å². The number of nitrogens with one attached hydrogen (secondary N) is 2. The van der Waals surface area contributed by atoms with Crippen LogP contribution in [0.2, 0.25) is 0 Å². The Morgan fingerprint density at radius 3 is 2.91 bits per heavy atom. The van der Waals surface area contributed by atoms with Crippen LogP contribution in [0, 0.1) is 5.82 Å². The van der Waals surface area contributed by atoms with Crippen molar-refractivity contribution in [2.75, 3.05) is 16.9 Å². The first-order valence-corrected chi connectivity index (χ1v) is 11.5. The molecule has 4 aromatic rings. The van der Waals surface area contributed by atoms with Crippen LogP contribution in [0.4, 0.5) is 10.2 Å². The van der Waals surface area contributed by atoms with Gasteiger partial charge in [0.1, 0.15) is 23.0 Å². The average Bonchev–Trinajstić information content (AvgIpc) is 3.40. The van der Waals surface area contributed by atoms with Gasteiger partial charge in [-0.3, -0.25) is 4.79 Å². The molecule has 1 saturated heterocycles. The largest absolute Gasteiger partial charge is 0.358 e. The van der Waals surface area contributed by atoms with E-state index < -0.39 is 5.82 Å². The number of imidazole rings is 1. The minimum atomic E-state index is -0.539. The van der Waals surface area contributed by atoms with E-state index in [4.69, 9.17) is 4.98 Å². The fraction of sp³-hybridized carbons (Fsp3) is 0.435. The smallest absolute Gasteiger partial charge is 0.283 e. The van der Waals surface area contributed by atoms with Crippen LogP contribution in [0.25, 0.3) is 22.1 Å². The van der Waals surface area contributed by atoms with Crippen LogP contribution in [0.15, 0.2) is 35.6 Å². The van der Waals surface area contributed by atoms with Gasteiger partial charge < -0.3 is 15.3 Å². The van der Waals surface area contributed by atoms with E-state index in [1.807, 2.05) is 6.92 Å². The number of aromatic nitrogens is 6. The number of nitrogens with zero attached hydrogens (tertiary/aromatic N) is 6. The van der Waals surface area contributed by atoms with Gasteiger partial charge in [-0.25, -0.2) is 29.0 Å². The molecule has 3 aromatic heterocycles. The third-order valence-corrected chi connectivity index (χ3v) is 6.98. The van der Waals surface area contributed by atoms with E-state index in [9.17, 15) is 9.18 Å². The van der Waals surface area contributed by atoms with E-state index in [0.29, 0.717) is 34.7 Å². The Morgan fingerprint density at radius 1 is 1.21 bits per heavy atom. The van der Waals surface area contributed by atoms with Gasteiger partial charge in [-0.1, -0.05) is 13.0 Å². The zero-order chi connectivity index (χ0) is 22.6. The standard InChI is InChI=1S/C23H25FN8O/c1-2-15(29-20-18-19(26-12-25-18)27-13-28-20)21-30-16-7-5-6-14(24)17(16)22(33)32(21)31-11-4-3-8-23(31)9-10-23/h5-7,12-13,15H,2-4,8-11H2,1H3,(H2,25,26,27,28,29). The molecule has 1 atom stereocenters. The van der Waals surface area contributed by atoms with Gasteiger partial charge in [-0.15, -0.1) is 0 Å². The number of H-pyrrole nitrogens is 1. The molecular weight excluding hydrogens is 423 g/mol. The number of halogens is 1. The quantitative estimate of drug-likeness (QED) is 0.482. The van der Waals surface area contributed by atoms with Crippen molar-refractivity contribution in [3.63, 3.8) is 0 Å². The Balaban J connectivity index is 1.54. The molecule has 0 bridgehead atoms. The molecule has 1 aromatic carbocycles. The van der Waals surface area contributed by atoms with Gasteiger partial charge in [0.25, 0.3) is 5.56 Å². The molecule has 2 N–H and O–H groups in total. The van der Waals surface area contributed by atoms with Crippen molar-refractivity contribution in [1.29, 1.82) is 0 Å². The van der Waals surface area contributed by atoms with E-state index in [1.54, 1.807) is 23.1 Å². The van der Waals surface area contributed by atoms with Gasteiger partial charge in [0.15, 0.2) is 17.3 Å². The van der Waals surface area contributed by atoms with Crippen molar-refractivity contribution in [3.8, 4) is 0 Å². The number of aromatic amines is 1. The number of benzene rings is 1. The Hall–Kier alpha value is -3.56. The number of hydrogen-bond acceptors (Lipinski definition) is 7. The summed E-state index contributed by atoms with van der Waals surface area (Å²) >= 11 is 0. The molecule has 1 aliphatic carbocycles. The second-order valence-corrected chi connectivity index (χ2v) is 8.95. The van der Waals surface area contributed by atoms with Crippen molar-refractivity contribution < 1.29 is 4.39 Å². The molecule has 1 aliphatic heterocycles. The first-order valence-electron chi connectivity index (χ1n) is 11.5. The molecule has 10 heteroatoms. The Labute approximate surface area is 189 Å². The van der Waals surface area contributed by atoms with E-state index in [2.05, 4.69) is 30.3 Å². The molecule has 4 heterocycles. The number of fused-ring (bicyclic) bond motifs is 2. The number of anilines is 1. The topological polar surface area (TPSA) is 105 Å². The highest BCUT2D eigenvalue weighted by atomic mass is 19.1. The minimum Gasteiger partial charge on any atom is -0.358 e. The van der Waals surface area contributed by atoms with Crippen LogP contribution in [-0.4, -0.2) is 41.7 Å². The molecule has 6 rings (SSSR count). The van der Waals surface area contributed by atoms with Gasteiger partial charge in [0.2, 0.25) is 0 Å². The minimum absolute atomic E-state index is 0.0265. The lowest BCUT2D eigenvalue weighted by molar-refractivity contribution is 0.346. The van der Waals surface area contributed by atoms with Gasteiger partial charge >= 0.3 is 0 Å². The van der Waals surface area contributed by atoms with Crippen LogP contribution < -0.4 is 15.9 Å². The van der Waals surface area contributed by atoms with Crippen LogP contribution in [0.3, 0.4) is 0 Å². The number of rotatable bonds is 5. The van der Waals surface area contributed by atoms with E-state index in [-0.39, 0.29) is 22.5 Å². The van der Waals surface area contributed by atoms with Gasteiger partial charge in [0.05, 0.1) is 23.4 Å². The average molecular weight is 449 g/mol. The second kappa shape index (κ2) is 7.50. The molecule has 170 valence electrons. The lowest BCUT2D eigenvalue weighted by atomic mass is 10.0. The van der Waals surface area contributed by atoms with Crippen LogP contribution in [0.5, 0.6) is 0 Å². The lowest BCUT2D eigenvalue weighted by Gasteiger charge is -2.40. The summed E-state index contributed by atoms with van der Waals surface area (Å²) < 4.78 is 16.4. The highest BCUT2D eigenvalue weighted by Crippen LogP contribution is 2.47. The monoisotopic (exact) mass is 448 g/mol. The van der Waals surface area contributed by atoms with Crippen molar-refractivity contribution in [1.82, 2.24) is 29.6 Å². The lowest BCUT2D eigenvalue weighted by Crippen LogP contribution is -2.55. The molecule has 1 spiro atoms. The van der Waals surface area contributed by atoms with Crippen molar-refractivity contribution in [2.24, 2.45) is 0 Å². The predicted octanol–water partition coefficient (Wildman–Crippen LogP) is 3.42. The summed E-state index contributed by atoms with van der Waals surface area (Å²) in [5.41, 5.74) is 1.23. The van der Waals surface area contributed by atoms with Crippen LogP contribution >= 0.6 is 0 Å². The molecule has 1 saturated carbocycles. The predicted molar refractivity (Wildman–Crippen MR) is 123 cm³/mol. The summed E-state index contributed by atoms with van der Waals surface area (Å²) in [6.07, 6.45) is 8.93. The summed E-state index contributed by atoms with van der Waals surface area (Å²) in [5.74, 6) is 0.618. The zero-order valence-electron chi connectivity index (χ0n) is 18.4. The Kier molecular flexibility index (Phi) is 4.56. The maximum Gasteiger partial charge on any atom is 0.283 e.